The zero-order valence-corrected chi connectivity index (χ0v) is 8.55. The molecule has 1 atom stereocenters. The van der Waals surface area contributed by atoms with Gasteiger partial charge in [0.1, 0.15) is 5.82 Å². The van der Waals surface area contributed by atoms with Crippen molar-refractivity contribution in [3.8, 4) is 0 Å². The molecule has 0 saturated heterocycles. The third-order valence-corrected chi connectivity index (χ3v) is 2.75. The minimum atomic E-state index is -0.144. The Kier molecular flexibility index (Phi) is 2.42. The molecule has 1 heterocycles. The van der Waals surface area contributed by atoms with Gasteiger partial charge in [0.05, 0.1) is 5.69 Å². The lowest BCUT2D eigenvalue weighted by molar-refractivity contribution is 0.284. The first-order chi connectivity index (χ1) is 6.70. The van der Waals surface area contributed by atoms with Crippen LogP contribution >= 0.6 is 0 Å². The number of para-hydroxylation sites is 1. The van der Waals surface area contributed by atoms with Crippen LogP contribution in [-0.2, 0) is 0 Å². The Morgan fingerprint density at radius 3 is 2.93 bits per heavy atom. The van der Waals surface area contributed by atoms with E-state index in [1.807, 2.05) is 20.2 Å². The van der Waals surface area contributed by atoms with Gasteiger partial charge >= 0.3 is 0 Å². The van der Waals surface area contributed by atoms with E-state index in [1.54, 1.807) is 6.07 Å². The highest BCUT2D eigenvalue weighted by molar-refractivity contribution is 5.55. The Morgan fingerprint density at radius 1 is 1.43 bits per heavy atom. The van der Waals surface area contributed by atoms with Crippen LogP contribution in [-0.4, -0.2) is 25.5 Å². The first-order valence-electron chi connectivity index (χ1n) is 4.89. The van der Waals surface area contributed by atoms with Crippen LogP contribution in [0.5, 0.6) is 0 Å². The molecule has 0 amide bonds. The maximum absolute atomic E-state index is 13.4. The zero-order chi connectivity index (χ0) is 10.1. The second kappa shape index (κ2) is 3.58. The summed E-state index contributed by atoms with van der Waals surface area (Å²) in [5, 5.41) is 3.11. The lowest BCUT2D eigenvalue weighted by Crippen LogP contribution is -2.27. The first kappa shape index (κ1) is 9.46. The van der Waals surface area contributed by atoms with Crippen molar-refractivity contribution in [3.63, 3.8) is 0 Å². The first-order valence-corrected chi connectivity index (χ1v) is 4.89. The number of benzene rings is 1. The molecule has 0 aliphatic carbocycles. The third-order valence-electron chi connectivity index (χ3n) is 2.75. The monoisotopic (exact) mass is 194 g/mol. The van der Waals surface area contributed by atoms with Crippen molar-refractivity contribution >= 4 is 5.69 Å². The van der Waals surface area contributed by atoms with Crippen LogP contribution in [0.3, 0.4) is 0 Å². The highest BCUT2D eigenvalue weighted by atomic mass is 19.1. The van der Waals surface area contributed by atoms with Gasteiger partial charge in [-0.2, -0.15) is 0 Å². The normalized spacial score (nSPS) is 20.4. The molecular weight excluding hydrogens is 179 g/mol. The summed E-state index contributed by atoms with van der Waals surface area (Å²) in [6, 6.07) is 5.61. The molecule has 1 aliphatic heterocycles. The predicted octanol–water partition coefficient (Wildman–Crippen LogP) is 2.24. The fourth-order valence-corrected chi connectivity index (χ4v) is 2.03. The molecule has 0 aromatic heterocycles. The number of hydrogen-bond acceptors (Lipinski definition) is 2. The summed E-state index contributed by atoms with van der Waals surface area (Å²) in [6.07, 6.45) is 1.03. The lowest BCUT2D eigenvalue weighted by Gasteiger charge is -2.31. The van der Waals surface area contributed by atoms with E-state index in [9.17, 15) is 4.39 Å². The van der Waals surface area contributed by atoms with E-state index in [-0.39, 0.29) is 5.82 Å². The standard InChI is InChI=1S/C11H15FN2/c1-14(2)10-6-7-13-11-8(10)4-3-5-9(11)12/h3-5,10,13H,6-7H2,1-2H3. The molecule has 1 aromatic carbocycles. The summed E-state index contributed by atoms with van der Waals surface area (Å²) < 4.78 is 13.4. The van der Waals surface area contributed by atoms with Gasteiger partial charge < -0.3 is 10.2 Å². The van der Waals surface area contributed by atoms with Crippen LogP contribution in [0, 0.1) is 5.82 Å². The molecule has 2 nitrogen and oxygen atoms in total. The van der Waals surface area contributed by atoms with Crippen molar-refractivity contribution in [1.29, 1.82) is 0 Å². The summed E-state index contributed by atoms with van der Waals surface area (Å²) in [4.78, 5) is 2.14. The lowest BCUT2D eigenvalue weighted by atomic mass is 9.97. The zero-order valence-electron chi connectivity index (χ0n) is 8.55. The van der Waals surface area contributed by atoms with E-state index in [4.69, 9.17) is 0 Å². The summed E-state index contributed by atoms with van der Waals surface area (Å²) in [7, 11) is 4.06. The van der Waals surface area contributed by atoms with Gasteiger partial charge in [-0.25, -0.2) is 4.39 Å². The highest BCUT2D eigenvalue weighted by Gasteiger charge is 2.23. The van der Waals surface area contributed by atoms with Gasteiger partial charge in [-0.3, -0.25) is 0 Å². The van der Waals surface area contributed by atoms with E-state index >= 15 is 0 Å². The largest absolute Gasteiger partial charge is 0.382 e. The smallest absolute Gasteiger partial charge is 0.146 e. The minimum absolute atomic E-state index is 0.144. The number of nitrogens with zero attached hydrogens (tertiary/aromatic N) is 1. The van der Waals surface area contributed by atoms with Crippen LogP contribution in [0.4, 0.5) is 10.1 Å². The van der Waals surface area contributed by atoms with E-state index < -0.39 is 0 Å². The maximum atomic E-state index is 13.4. The molecule has 0 fully saturated rings. The third kappa shape index (κ3) is 1.48. The average Bonchev–Trinajstić information content (AvgIpc) is 2.17. The van der Waals surface area contributed by atoms with Gasteiger partial charge in [0, 0.05) is 12.6 Å². The van der Waals surface area contributed by atoms with Crippen molar-refractivity contribution in [2.75, 3.05) is 26.0 Å². The molecule has 1 aliphatic rings. The van der Waals surface area contributed by atoms with Crippen molar-refractivity contribution < 1.29 is 4.39 Å². The molecule has 0 spiro atoms. The molecule has 0 saturated carbocycles. The molecule has 0 radical (unpaired) electrons. The minimum Gasteiger partial charge on any atom is -0.382 e. The average molecular weight is 194 g/mol. The van der Waals surface area contributed by atoms with Gasteiger partial charge in [-0.1, -0.05) is 12.1 Å². The van der Waals surface area contributed by atoms with E-state index in [2.05, 4.69) is 10.2 Å². The summed E-state index contributed by atoms with van der Waals surface area (Å²) in [5.74, 6) is -0.144. The molecule has 1 N–H and O–H groups in total. The maximum Gasteiger partial charge on any atom is 0.146 e. The Bertz CT molecular complexity index is 336. The number of anilines is 1. The molecule has 76 valence electrons. The topological polar surface area (TPSA) is 15.3 Å². The molecule has 14 heavy (non-hydrogen) atoms. The van der Waals surface area contributed by atoms with Crippen LogP contribution in [0.15, 0.2) is 18.2 Å². The van der Waals surface area contributed by atoms with Crippen LogP contribution in [0.2, 0.25) is 0 Å². The predicted molar refractivity (Wildman–Crippen MR) is 55.9 cm³/mol. The number of halogens is 1. The van der Waals surface area contributed by atoms with Crippen LogP contribution in [0.1, 0.15) is 18.0 Å². The number of fused-ring (bicyclic) bond motifs is 1. The quantitative estimate of drug-likeness (QED) is 0.737. The van der Waals surface area contributed by atoms with Gasteiger partial charge in [0.2, 0.25) is 0 Å². The van der Waals surface area contributed by atoms with Crippen LogP contribution in [0.25, 0.3) is 0 Å². The molecular formula is C11H15FN2. The molecule has 2 rings (SSSR count). The van der Waals surface area contributed by atoms with Crippen molar-refractivity contribution in [3.05, 3.63) is 29.6 Å². The summed E-state index contributed by atoms with van der Waals surface area (Å²) in [5.41, 5.74) is 1.75. The SMILES string of the molecule is CN(C)C1CCNc2c(F)cccc21. The van der Waals surface area contributed by atoms with Gasteiger partial charge in [0.15, 0.2) is 0 Å². The number of rotatable bonds is 1. The molecule has 1 aromatic rings. The van der Waals surface area contributed by atoms with Gasteiger partial charge in [0.25, 0.3) is 0 Å². The van der Waals surface area contributed by atoms with Crippen molar-refractivity contribution in [2.45, 2.75) is 12.5 Å². The summed E-state index contributed by atoms with van der Waals surface area (Å²) in [6.45, 7) is 0.844. The molecule has 1 unspecified atom stereocenters. The second-order valence-electron chi connectivity index (χ2n) is 3.90. The fraction of sp³-hybridized carbons (Fsp3) is 0.455. The van der Waals surface area contributed by atoms with E-state index in [0.29, 0.717) is 11.7 Å². The van der Waals surface area contributed by atoms with E-state index in [0.717, 1.165) is 18.5 Å². The van der Waals surface area contributed by atoms with Gasteiger partial charge in [-0.15, -0.1) is 0 Å². The fourth-order valence-electron chi connectivity index (χ4n) is 2.03. The Labute approximate surface area is 83.7 Å². The summed E-state index contributed by atoms with van der Waals surface area (Å²) >= 11 is 0. The highest BCUT2D eigenvalue weighted by Crippen LogP contribution is 2.34. The second-order valence-corrected chi connectivity index (χ2v) is 3.90. The van der Waals surface area contributed by atoms with Gasteiger partial charge in [-0.05, 0) is 32.1 Å². The van der Waals surface area contributed by atoms with E-state index in [1.165, 1.54) is 6.07 Å². The Morgan fingerprint density at radius 2 is 2.21 bits per heavy atom. The molecule has 3 heteroatoms. The van der Waals surface area contributed by atoms with Crippen LogP contribution < -0.4 is 5.32 Å². The number of hydrogen-bond donors (Lipinski definition) is 1. The Balaban J connectivity index is 2.44. The van der Waals surface area contributed by atoms with Crippen molar-refractivity contribution in [1.82, 2.24) is 4.90 Å². The Hall–Kier alpha value is -1.09. The van der Waals surface area contributed by atoms with Crippen molar-refractivity contribution in [2.24, 2.45) is 0 Å². The number of nitrogens with one attached hydrogen (secondary N) is 1. The molecule has 0 bridgehead atoms.